The van der Waals surface area contributed by atoms with E-state index >= 15 is 0 Å². The highest BCUT2D eigenvalue weighted by atomic mass is 28.4. The van der Waals surface area contributed by atoms with Crippen molar-refractivity contribution >= 4 is 14.0 Å². The van der Waals surface area contributed by atoms with Gasteiger partial charge in [-0.3, -0.25) is 0 Å². The summed E-state index contributed by atoms with van der Waals surface area (Å²) < 4.78 is 92.4. The molecule has 0 amide bonds. The van der Waals surface area contributed by atoms with E-state index in [1.165, 1.54) is 6.07 Å². The van der Waals surface area contributed by atoms with Gasteiger partial charge in [0, 0.05) is 17.8 Å². The number of anilines is 1. The molecule has 0 saturated heterocycles. The van der Waals surface area contributed by atoms with E-state index in [1.807, 2.05) is 37.3 Å². The molecule has 0 N–H and O–H groups in total. The molecule has 1 atom stereocenters. The largest absolute Gasteiger partial charge is 0.429 e. The van der Waals surface area contributed by atoms with Gasteiger partial charge in [-0.05, 0) is 48.2 Å². The van der Waals surface area contributed by atoms with Gasteiger partial charge in [-0.1, -0.05) is 70.2 Å². The maximum atomic E-state index is 14.5. The molecule has 35 heavy (non-hydrogen) atoms. The lowest BCUT2D eigenvalue weighted by Crippen LogP contribution is -2.61. The quantitative estimate of drug-likeness (QED) is 0.244. The Labute approximate surface area is 204 Å². The third-order valence-electron chi connectivity index (χ3n) is 7.47. The summed E-state index contributed by atoms with van der Waals surface area (Å²) in [6.45, 7) is 7.39. The Morgan fingerprint density at radius 3 is 1.91 bits per heavy atom. The van der Waals surface area contributed by atoms with Gasteiger partial charge in [0.25, 0.3) is 5.60 Å². The van der Waals surface area contributed by atoms with Crippen LogP contribution >= 0.6 is 0 Å². The van der Waals surface area contributed by atoms with Crippen LogP contribution in [-0.4, -0.2) is 27.2 Å². The summed E-state index contributed by atoms with van der Waals surface area (Å²) in [5.74, 6) is 0. The molecule has 2 aromatic rings. The van der Waals surface area contributed by atoms with Crippen molar-refractivity contribution in [2.75, 3.05) is 11.4 Å². The van der Waals surface area contributed by atoms with E-state index in [0.29, 0.717) is 24.2 Å². The molecular formula is C26H33F6NOSi. The molecule has 0 fully saturated rings. The zero-order chi connectivity index (χ0) is 26.1. The number of nitrogens with zero attached hydrogens (tertiary/aromatic N) is 1. The van der Waals surface area contributed by atoms with Crippen LogP contribution in [0.1, 0.15) is 56.8 Å². The summed E-state index contributed by atoms with van der Waals surface area (Å²) in [4.78, 5) is 2.07. The van der Waals surface area contributed by atoms with Crippen molar-refractivity contribution in [3.63, 3.8) is 0 Å². The van der Waals surface area contributed by atoms with E-state index in [0.717, 1.165) is 24.1 Å². The van der Waals surface area contributed by atoms with Crippen LogP contribution in [0.3, 0.4) is 0 Å². The third kappa shape index (κ3) is 4.86. The predicted molar refractivity (Wildman–Crippen MR) is 129 cm³/mol. The van der Waals surface area contributed by atoms with Crippen molar-refractivity contribution in [2.45, 2.75) is 82.7 Å². The van der Waals surface area contributed by atoms with Crippen LogP contribution in [0.2, 0.25) is 18.1 Å². The molecule has 0 bridgehead atoms. The van der Waals surface area contributed by atoms with Gasteiger partial charge in [0.1, 0.15) is 0 Å². The molecule has 0 spiro atoms. The minimum absolute atomic E-state index is 0.0186. The summed E-state index contributed by atoms with van der Waals surface area (Å²) >= 11 is 0. The molecule has 0 radical (unpaired) electrons. The molecule has 1 heterocycles. The van der Waals surface area contributed by atoms with Crippen molar-refractivity contribution in [1.82, 2.24) is 0 Å². The summed E-state index contributed by atoms with van der Waals surface area (Å²) in [5.41, 5.74) is -3.01. The van der Waals surface area contributed by atoms with Gasteiger partial charge in [0.15, 0.2) is 8.32 Å². The number of rotatable bonds is 9. The fourth-order valence-corrected chi connectivity index (χ4v) is 8.17. The predicted octanol–water partition coefficient (Wildman–Crippen LogP) is 8.54. The van der Waals surface area contributed by atoms with Gasteiger partial charge < -0.3 is 9.33 Å². The SMILES string of the molecule is CCC(c1ccccc1)N1CCc2cc(C(O[Si](CC)(CC)CC)(C(F)(F)F)C(F)(F)F)ccc21. The topological polar surface area (TPSA) is 12.5 Å². The van der Waals surface area contributed by atoms with Gasteiger partial charge >= 0.3 is 12.4 Å². The van der Waals surface area contributed by atoms with E-state index < -0.39 is 31.8 Å². The van der Waals surface area contributed by atoms with E-state index in [2.05, 4.69) is 4.90 Å². The molecule has 0 aromatic heterocycles. The van der Waals surface area contributed by atoms with Crippen molar-refractivity contribution < 1.29 is 30.8 Å². The van der Waals surface area contributed by atoms with Crippen molar-refractivity contribution in [1.29, 1.82) is 0 Å². The van der Waals surface area contributed by atoms with E-state index in [-0.39, 0.29) is 24.2 Å². The van der Waals surface area contributed by atoms with Crippen LogP contribution in [0.15, 0.2) is 48.5 Å². The lowest BCUT2D eigenvalue weighted by atomic mass is 9.90. The van der Waals surface area contributed by atoms with Gasteiger partial charge in [0.2, 0.25) is 0 Å². The number of hydrogen-bond donors (Lipinski definition) is 0. The second-order valence-electron chi connectivity index (χ2n) is 9.14. The third-order valence-corrected chi connectivity index (χ3v) is 12.1. The van der Waals surface area contributed by atoms with E-state index in [4.69, 9.17) is 4.43 Å². The molecule has 1 aliphatic heterocycles. The molecule has 0 saturated carbocycles. The Morgan fingerprint density at radius 2 is 1.43 bits per heavy atom. The standard InChI is InChI=1S/C26H33F6NOSi/c1-5-22(19-12-10-9-11-13-19)33-17-16-20-18-21(14-15-23(20)33)24(25(27,28)29,26(30,31)32)34-35(6-2,7-3)8-4/h9-15,18,22H,5-8,16-17H2,1-4H3. The van der Waals surface area contributed by atoms with Crippen LogP contribution in [-0.2, 0) is 16.4 Å². The average Bonchev–Trinajstić information content (AvgIpc) is 3.23. The first-order chi connectivity index (χ1) is 16.4. The van der Waals surface area contributed by atoms with Crippen LogP contribution in [0, 0.1) is 0 Å². The fourth-order valence-electron chi connectivity index (χ4n) is 5.24. The van der Waals surface area contributed by atoms with Crippen molar-refractivity contribution in [3.05, 3.63) is 65.2 Å². The Hall–Kier alpha value is -2.00. The van der Waals surface area contributed by atoms with Crippen LogP contribution in [0.25, 0.3) is 0 Å². The highest BCUT2D eigenvalue weighted by Gasteiger charge is 2.74. The molecule has 2 aromatic carbocycles. The molecule has 0 aliphatic carbocycles. The van der Waals surface area contributed by atoms with Crippen LogP contribution in [0.5, 0.6) is 0 Å². The van der Waals surface area contributed by atoms with Gasteiger partial charge in [-0.15, -0.1) is 0 Å². The highest BCUT2D eigenvalue weighted by molar-refractivity contribution is 6.73. The van der Waals surface area contributed by atoms with Crippen molar-refractivity contribution in [3.8, 4) is 0 Å². The minimum atomic E-state index is -5.66. The number of benzene rings is 2. The maximum absolute atomic E-state index is 14.5. The summed E-state index contributed by atoms with van der Waals surface area (Å²) in [6, 6.07) is 13.6. The van der Waals surface area contributed by atoms with Gasteiger partial charge in [-0.25, -0.2) is 0 Å². The summed E-state index contributed by atoms with van der Waals surface area (Å²) in [7, 11) is -3.31. The maximum Gasteiger partial charge on any atom is 0.429 e. The normalized spacial score (nSPS) is 15.9. The second kappa shape index (κ2) is 10.2. The summed E-state index contributed by atoms with van der Waals surface area (Å²) in [5, 5.41) is 0. The van der Waals surface area contributed by atoms with E-state index in [1.54, 1.807) is 20.8 Å². The number of hydrogen-bond acceptors (Lipinski definition) is 2. The first-order valence-electron chi connectivity index (χ1n) is 12.2. The molecule has 3 rings (SSSR count). The molecule has 1 aliphatic rings. The molecule has 9 heteroatoms. The Kier molecular flexibility index (Phi) is 8.01. The Balaban J connectivity index is 2.14. The lowest BCUT2D eigenvalue weighted by molar-refractivity contribution is -0.369. The Morgan fingerprint density at radius 1 is 0.857 bits per heavy atom. The first kappa shape index (κ1) is 27.6. The fraction of sp³-hybridized carbons (Fsp3) is 0.538. The molecule has 194 valence electrons. The number of fused-ring (bicyclic) bond motifs is 1. The molecule has 2 nitrogen and oxygen atoms in total. The number of alkyl halides is 6. The zero-order valence-electron chi connectivity index (χ0n) is 20.6. The van der Waals surface area contributed by atoms with Crippen molar-refractivity contribution in [2.24, 2.45) is 0 Å². The average molecular weight is 518 g/mol. The molecule has 1 unspecified atom stereocenters. The van der Waals surface area contributed by atoms with Crippen LogP contribution < -0.4 is 4.90 Å². The Bertz CT molecular complexity index is 965. The number of halogens is 6. The lowest BCUT2D eigenvalue weighted by Gasteiger charge is -2.44. The molecular weight excluding hydrogens is 484 g/mol. The first-order valence-corrected chi connectivity index (χ1v) is 14.7. The summed E-state index contributed by atoms with van der Waals surface area (Å²) in [6.07, 6.45) is -10.2. The van der Waals surface area contributed by atoms with Gasteiger partial charge in [0.05, 0.1) is 6.04 Å². The smallest absolute Gasteiger partial charge is 0.393 e. The highest BCUT2D eigenvalue weighted by Crippen LogP contribution is 2.56. The van der Waals surface area contributed by atoms with Crippen LogP contribution in [0.4, 0.5) is 32.0 Å². The minimum Gasteiger partial charge on any atom is -0.393 e. The van der Waals surface area contributed by atoms with Gasteiger partial charge in [-0.2, -0.15) is 26.3 Å². The second-order valence-corrected chi connectivity index (χ2v) is 13.8. The monoisotopic (exact) mass is 517 g/mol. The zero-order valence-corrected chi connectivity index (χ0v) is 21.6. The van der Waals surface area contributed by atoms with E-state index in [9.17, 15) is 26.3 Å².